The summed E-state index contributed by atoms with van der Waals surface area (Å²) in [6.45, 7) is 3.80. The number of esters is 1. The molecule has 148 valence electrons. The Morgan fingerprint density at radius 2 is 1.86 bits per heavy atom. The molecule has 6 nitrogen and oxygen atoms in total. The van der Waals surface area contributed by atoms with E-state index in [4.69, 9.17) is 21.1 Å². The van der Waals surface area contributed by atoms with Crippen LogP contribution in [0.4, 0.5) is 10.1 Å². The van der Waals surface area contributed by atoms with Gasteiger partial charge in [-0.3, -0.25) is 4.79 Å². The average molecular weight is 408 g/mol. The standard InChI is InChI=1S/C20H20ClFN2O4/c21-16-5-6-17(22)18(11-16)23-19(25)13-28-20(26)15-3-1-14(2-4-15)12-24-7-9-27-10-8-24/h1-6,11H,7-10,12-13H2,(H,23,25)/p+1. The summed E-state index contributed by atoms with van der Waals surface area (Å²) in [4.78, 5) is 25.4. The summed E-state index contributed by atoms with van der Waals surface area (Å²) in [5.74, 6) is -1.89. The van der Waals surface area contributed by atoms with Gasteiger partial charge in [0.1, 0.15) is 25.5 Å². The second-order valence-electron chi connectivity index (χ2n) is 6.48. The number of rotatable bonds is 6. The molecule has 0 aromatic heterocycles. The summed E-state index contributed by atoms with van der Waals surface area (Å²) in [6, 6.07) is 10.9. The molecule has 1 heterocycles. The van der Waals surface area contributed by atoms with Gasteiger partial charge in [-0.1, -0.05) is 23.7 Å². The van der Waals surface area contributed by atoms with Crippen LogP contribution in [0.1, 0.15) is 15.9 Å². The fourth-order valence-electron chi connectivity index (χ4n) is 2.88. The first kappa shape index (κ1) is 20.3. The minimum atomic E-state index is -0.651. The third-order valence-electron chi connectivity index (χ3n) is 4.38. The highest BCUT2D eigenvalue weighted by Crippen LogP contribution is 2.19. The number of benzene rings is 2. The molecule has 0 spiro atoms. The molecule has 2 N–H and O–H groups in total. The number of halogens is 2. The van der Waals surface area contributed by atoms with Crippen molar-refractivity contribution in [2.75, 3.05) is 38.2 Å². The summed E-state index contributed by atoms with van der Waals surface area (Å²) in [5, 5.41) is 2.61. The summed E-state index contributed by atoms with van der Waals surface area (Å²) >= 11 is 5.77. The van der Waals surface area contributed by atoms with Crippen molar-refractivity contribution >= 4 is 29.2 Å². The Morgan fingerprint density at radius 1 is 1.14 bits per heavy atom. The summed E-state index contributed by atoms with van der Waals surface area (Å²) in [6.07, 6.45) is 0. The number of amides is 1. The molecule has 2 aromatic carbocycles. The van der Waals surface area contributed by atoms with Gasteiger partial charge in [-0.25, -0.2) is 9.18 Å². The topological polar surface area (TPSA) is 69.1 Å². The predicted molar refractivity (Wildman–Crippen MR) is 102 cm³/mol. The van der Waals surface area contributed by atoms with Crippen molar-refractivity contribution in [1.82, 2.24) is 0 Å². The van der Waals surface area contributed by atoms with E-state index in [1.807, 2.05) is 12.1 Å². The molecule has 1 fully saturated rings. The molecule has 1 saturated heterocycles. The van der Waals surface area contributed by atoms with Crippen LogP contribution in [0.25, 0.3) is 0 Å². The van der Waals surface area contributed by atoms with Gasteiger partial charge in [-0.05, 0) is 30.3 Å². The molecule has 0 unspecified atom stereocenters. The molecule has 3 rings (SSSR count). The number of morpholine rings is 1. The lowest BCUT2D eigenvalue weighted by atomic mass is 10.1. The Bertz CT molecular complexity index is 839. The lowest BCUT2D eigenvalue weighted by Gasteiger charge is -2.23. The first-order valence-corrected chi connectivity index (χ1v) is 9.31. The zero-order valence-electron chi connectivity index (χ0n) is 15.2. The third kappa shape index (κ3) is 5.76. The van der Waals surface area contributed by atoms with E-state index in [1.165, 1.54) is 17.0 Å². The summed E-state index contributed by atoms with van der Waals surface area (Å²) in [5.41, 5.74) is 1.40. The van der Waals surface area contributed by atoms with E-state index in [2.05, 4.69) is 5.32 Å². The van der Waals surface area contributed by atoms with Crippen molar-refractivity contribution < 1.29 is 28.4 Å². The highest BCUT2D eigenvalue weighted by Gasteiger charge is 2.15. The second-order valence-corrected chi connectivity index (χ2v) is 6.92. The van der Waals surface area contributed by atoms with Crippen molar-refractivity contribution in [3.05, 3.63) is 64.4 Å². The highest BCUT2D eigenvalue weighted by molar-refractivity contribution is 6.30. The van der Waals surface area contributed by atoms with Crippen molar-refractivity contribution in [2.24, 2.45) is 0 Å². The lowest BCUT2D eigenvalue weighted by molar-refractivity contribution is -0.921. The Labute approximate surface area is 167 Å². The minimum absolute atomic E-state index is 0.0662. The Morgan fingerprint density at radius 3 is 2.57 bits per heavy atom. The van der Waals surface area contributed by atoms with Crippen molar-refractivity contribution in [2.45, 2.75) is 6.54 Å². The maximum Gasteiger partial charge on any atom is 0.338 e. The predicted octanol–water partition coefficient (Wildman–Crippen LogP) is 1.69. The summed E-state index contributed by atoms with van der Waals surface area (Å²) in [7, 11) is 0. The maximum atomic E-state index is 13.6. The largest absolute Gasteiger partial charge is 0.452 e. The van der Waals surface area contributed by atoms with E-state index >= 15 is 0 Å². The van der Waals surface area contributed by atoms with Crippen LogP contribution in [0.2, 0.25) is 5.02 Å². The molecule has 0 atom stereocenters. The van der Waals surface area contributed by atoms with Crippen LogP contribution >= 0.6 is 11.6 Å². The Balaban J connectivity index is 1.48. The van der Waals surface area contributed by atoms with Gasteiger partial charge in [0.15, 0.2) is 6.61 Å². The van der Waals surface area contributed by atoms with E-state index in [1.54, 1.807) is 12.1 Å². The minimum Gasteiger partial charge on any atom is -0.452 e. The van der Waals surface area contributed by atoms with Crippen LogP contribution < -0.4 is 10.2 Å². The molecular weight excluding hydrogens is 387 g/mol. The van der Waals surface area contributed by atoms with E-state index in [0.29, 0.717) is 5.56 Å². The number of nitrogens with one attached hydrogen (secondary N) is 2. The molecule has 28 heavy (non-hydrogen) atoms. The molecule has 8 heteroatoms. The van der Waals surface area contributed by atoms with Gasteiger partial charge in [-0.15, -0.1) is 0 Å². The molecule has 1 aliphatic rings. The fourth-order valence-corrected chi connectivity index (χ4v) is 3.05. The normalized spacial score (nSPS) is 14.5. The molecule has 1 aliphatic heterocycles. The number of hydrogen-bond acceptors (Lipinski definition) is 4. The number of carbonyl (C=O) groups excluding carboxylic acids is 2. The van der Waals surface area contributed by atoms with Gasteiger partial charge in [0.25, 0.3) is 5.91 Å². The molecule has 0 saturated carbocycles. The molecule has 2 aromatic rings. The smallest absolute Gasteiger partial charge is 0.338 e. The maximum absolute atomic E-state index is 13.6. The van der Waals surface area contributed by atoms with Crippen molar-refractivity contribution in [3.63, 3.8) is 0 Å². The first-order valence-electron chi connectivity index (χ1n) is 8.93. The highest BCUT2D eigenvalue weighted by atomic mass is 35.5. The van der Waals surface area contributed by atoms with Gasteiger partial charge < -0.3 is 19.7 Å². The van der Waals surface area contributed by atoms with E-state index in [0.717, 1.165) is 44.5 Å². The van der Waals surface area contributed by atoms with Gasteiger partial charge in [0.05, 0.1) is 24.5 Å². The monoisotopic (exact) mass is 407 g/mol. The molecule has 0 radical (unpaired) electrons. The summed E-state index contributed by atoms with van der Waals surface area (Å²) < 4.78 is 23.9. The molecule has 0 bridgehead atoms. The number of ether oxygens (including phenoxy) is 2. The number of hydrogen-bond donors (Lipinski definition) is 2. The molecule has 0 aliphatic carbocycles. The van der Waals surface area contributed by atoms with Crippen LogP contribution in [0.5, 0.6) is 0 Å². The Kier molecular flexibility index (Phi) is 6.97. The van der Waals surface area contributed by atoms with Gasteiger partial charge >= 0.3 is 5.97 Å². The van der Waals surface area contributed by atoms with Crippen molar-refractivity contribution in [1.29, 1.82) is 0 Å². The van der Waals surface area contributed by atoms with Gasteiger partial charge in [0, 0.05) is 10.6 Å². The molecular formula is C20H21ClFN2O4+. The second kappa shape index (κ2) is 9.64. The van der Waals surface area contributed by atoms with Crippen LogP contribution in [0, 0.1) is 5.82 Å². The van der Waals surface area contributed by atoms with Gasteiger partial charge in [0.2, 0.25) is 0 Å². The molecule has 1 amide bonds. The average Bonchev–Trinajstić information content (AvgIpc) is 2.70. The van der Waals surface area contributed by atoms with Crippen LogP contribution in [0.15, 0.2) is 42.5 Å². The third-order valence-corrected chi connectivity index (χ3v) is 4.62. The SMILES string of the molecule is O=C(COC(=O)c1ccc(C[NH+]2CCOCC2)cc1)Nc1cc(Cl)ccc1F. The van der Waals surface area contributed by atoms with Gasteiger partial charge in [-0.2, -0.15) is 0 Å². The van der Waals surface area contributed by atoms with Crippen LogP contribution in [0.3, 0.4) is 0 Å². The number of carbonyl (C=O) groups is 2. The Hall–Kier alpha value is -2.48. The van der Waals surface area contributed by atoms with E-state index < -0.39 is 24.3 Å². The number of quaternary nitrogens is 1. The zero-order chi connectivity index (χ0) is 19.9. The zero-order valence-corrected chi connectivity index (χ0v) is 15.9. The van der Waals surface area contributed by atoms with E-state index in [-0.39, 0.29) is 10.7 Å². The van der Waals surface area contributed by atoms with Crippen LogP contribution in [-0.2, 0) is 20.8 Å². The fraction of sp³-hybridized carbons (Fsp3) is 0.300. The lowest BCUT2D eigenvalue weighted by Crippen LogP contribution is -3.12. The number of anilines is 1. The quantitative estimate of drug-likeness (QED) is 0.715. The van der Waals surface area contributed by atoms with E-state index in [9.17, 15) is 14.0 Å². The van der Waals surface area contributed by atoms with Crippen LogP contribution in [-0.4, -0.2) is 44.8 Å². The first-order chi connectivity index (χ1) is 13.5. The van der Waals surface area contributed by atoms with Crippen molar-refractivity contribution in [3.8, 4) is 0 Å².